The standard InChI is InChI=1S/C15H15N5/c1-10-3-4-11(2)14(7-10)20-9-12(16)15(19-20)13-8-17-5-6-18-13/h3-9H,16H2,1-2H3. The molecule has 0 aliphatic rings. The van der Waals surface area contributed by atoms with E-state index in [4.69, 9.17) is 5.73 Å². The van der Waals surface area contributed by atoms with E-state index >= 15 is 0 Å². The predicted octanol–water partition coefficient (Wildman–Crippen LogP) is 2.53. The van der Waals surface area contributed by atoms with Gasteiger partial charge in [0.25, 0.3) is 0 Å². The monoisotopic (exact) mass is 265 g/mol. The van der Waals surface area contributed by atoms with Crippen LogP contribution in [-0.4, -0.2) is 19.7 Å². The van der Waals surface area contributed by atoms with Crippen molar-refractivity contribution in [1.29, 1.82) is 0 Å². The summed E-state index contributed by atoms with van der Waals surface area (Å²) < 4.78 is 1.79. The molecular formula is C15H15N5. The van der Waals surface area contributed by atoms with Crippen LogP contribution in [0.5, 0.6) is 0 Å². The van der Waals surface area contributed by atoms with Crippen molar-refractivity contribution < 1.29 is 0 Å². The summed E-state index contributed by atoms with van der Waals surface area (Å²) in [5.74, 6) is 0. The van der Waals surface area contributed by atoms with Gasteiger partial charge in [-0.3, -0.25) is 9.97 Å². The molecular weight excluding hydrogens is 250 g/mol. The van der Waals surface area contributed by atoms with Crippen LogP contribution in [0.3, 0.4) is 0 Å². The number of nitrogen functional groups attached to an aromatic ring is 1. The molecule has 1 aromatic carbocycles. The molecule has 0 atom stereocenters. The highest BCUT2D eigenvalue weighted by Gasteiger charge is 2.12. The van der Waals surface area contributed by atoms with Crippen molar-refractivity contribution in [2.75, 3.05) is 5.73 Å². The number of aryl methyl sites for hydroxylation is 2. The normalized spacial score (nSPS) is 10.7. The number of aromatic nitrogens is 4. The lowest BCUT2D eigenvalue weighted by atomic mass is 10.1. The van der Waals surface area contributed by atoms with E-state index < -0.39 is 0 Å². The first-order chi connectivity index (χ1) is 9.65. The van der Waals surface area contributed by atoms with Crippen LogP contribution in [-0.2, 0) is 0 Å². The minimum Gasteiger partial charge on any atom is -0.396 e. The predicted molar refractivity (Wildman–Crippen MR) is 78.5 cm³/mol. The smallest absolute Gasteiger partial charge is 0.136 e. The Bertz CT molecular complexity index is 746. The van der Waals surface area contributed by atoms with E-state index in [2.05, 4.69) is 47.1 Å². The van der Waals surface area contributed by atoms with Gasteiger partial charge in [-0.15, -0.1) is 0 Å². The highest BCUT2D eigenvalue weighted by Crippen LogP contribution is 2.24. The Kier molecular flexibility index (Phi) is 2.95. The van der Waals surface area contributed by atoms with Gasteiger partial charge in [0.05, 0.1) is 23.8 Å². The van der Waals surface area contributed by atoms with E-state index in [1.54, 1.807) is 23.3 Å². The van der Waals surface area contributed by atoms with Crippen LogP contribution in [0.25, 0.3) is 17.1 Å². The minimum absolute atomic E-state index is 0.589. The third-order valence-corrected chi connectivity index (χ3v) is 3.16. The Balaban J connectivity index is 2.11. The number of anilines is 1. The summed E-state index contributed by atoms with van der Waals surface area (Å²) in [4.78, 5) is 8.29. The van der Waals surface area contributed by atoms with E-state index in [1.165, 1.54) is 5.56 Å². The summed E-state index contributed by atoms with van der Waals surface area (Å²) in [6.45, 7) is 4.11. The van der Waals surface area contributed by atoms with Gasteiger partial charge in [0.15, 0.2) is 0 Å². The summed E-state index contributed by atoms with van der Waals surface area (Å²) in [5.41, 5.74) is 11.3. The van der Waals surface area contributed by atoms with Gasteiger partial charge >= 0.3 is 0 Å². The molecule has 0 radical (unpaired) electrons. The first-order valence-electron chi connectivity index (χ1n) is 6.34. The lowest BCUT2D eigenvalue weighted by Crippen LogP contribution is -1.98. The molecule has 0 unspecified atom stereocenters. The first-order valence-corrected chi connectivity index (χ1v) is 6.34. The average molecular weight is 265 g/mol. The molecule has 0 aliphatic heterocycles. The molecule has 0 saturated carbocycles. The fraction of sp³-hybridized carbons (Fsp3) is 0.133. The quantitative estimate of drug-likeness (QED) is 0.773. The molecule has 2 N–H and O–H groups in total. The topological polar surface area (TPSA) is 69.6 Å². The van der Waals surface area contributed by atoms with Crippen LogP contribution in [0.4, 0.5) is 5.69 Å². The van der Waals surface area contributed by atoms with E-state index in [1.807, 2.05) is 6.20 Å². The maximum absolute atomic E-state index is 6.05. The minimum atomic E-state index is 0.589. The van der Waals surface area contributed by atoms with Crippen molar-refractivity contribution >= 4 is 5.69 Å². The second kappa shape index (κ2) is 4.77. The molecule has 0 saturated heterocycles. The highest BCUT2D eigenvalue weighted by atomic mass is 15.3. The van der Waals surface area contributed by atoms with E-state index in [9.17, 15) is 0 Å². The van der Waals surface area contributed by atoms with Gasteiger partial charge in [0.2, 0.25) is 0 Å². The largest absolute Gasteiger partial charge is 0.396 e. The number of benzene rings is 1. The van der Waals surface area contributed by atoms with Crippen molar-refractivity contribution in [3.63, 3.8) is 0 Å². The third kappa shape index (κ3) is 2.14. The molecule has 0 amide bonds. The average Bonchev–Trinajstić information content (AvgIpc) is 2.84. The number of nitrogens with two attached hydrogens (primary N) is 1. The van der Waals surface area contributed by atoms with E-state index in [0.29, 0.717) is 17.1 Å². The van der Waals surface area contributed by atoms with Gasteiger partial charge in [-0.25, -0.2) is 4.68 Å². The molecule has 5 nitrogen and oxygen atoms in total. The van der Waals surface area contributed by atoms with Gasteiger partial charge in [-0.2, -0.15) is 5.10 Å². The SMILES string of the molecule is Cc1ccc(C)c(-n2cc(N)c(-c3cnccn3)n2)c1. The molecule has 2 aromatic heterocycles. The molecule has 0 fully saturated rings. The van der Waals surface area contributed by atoms with Gasteiger partial charge in [-0.1, -0.05) is 12.1 Å². The Morgan fingerprint density at radius 2 is 2.00 bits per heavy atom. The third-order valence-electron chi connectivity index (χ3n) is 3.16. The van der Waals surface area contributed by atoms with Crippen molar-refractivity contribution in [1.82, 2.24) is 19.7 Å². The fourth-order valence-electron chi connectivity index (χ4n) is 2.10. The maximum Gasteiger partial charge on any atom is 0.136 e. The van der Waals surface area contributed by atoms with Gasteiger partial charge in [0, 0.05) is 12.4 Å². The fourth-order valence-corrected chi connectivity index (χ4v) is 2.10. The lowest BCUT2D eigenvalue weighted by Gasteiger charge is -2.06. The van der Waals surface area contributed by atoms with E-state index in [-0.39, 0.29) is 0 Å². The van der Waals surface area contributed by atoms with Crippen molar-refractivity contribution in [3.8, 4) is 17.1 Å². The van der Waals surface area contributed by atoms with Crippen molar-refractivity contribution in [2.45, 2.75) is 13.8 Å². The molecule has 3 rings (SSSR count). The number of nitrogens with zero attached hydrogens (tertiary/aromatic N) is 4. The van der Waals surface area contributed by atoms with Gasteiger partial charge in [0.1, 0.15) is 11.4 Å². The van der Waals surface area contributed by atoms with Gasteiger partial charge in [-0.05, 0) is 31.0 Å². The molecule has 0 spiro atoms. The Labute approximate surface area is 117 Å². The van der Waals surface area contributed by atoms with Crippen LogP contribution < -0.4 is 5.73 Å². The number of hydrogen-bond donors (Lipinski definition) is 1. The molecule has 0 aliphatic carbocycles. The Hall–Kier alpha value is -2.69. The second-order valence-corrected chi connectivity index (χ2v) is 4.76. The van der Waals surface area contributed by atoms with Crippen LogP contribution in [0, 0.1) is 13.8 Å². The zero-order chi connectivity index (χ0) is 14.1. The lowest BCUT2D eigenvalue weighted by molar-refractivity contribution is 0.872. The summed E-state index contributed by atoms with van der Waals surface area (Å²) in [6.07, 6.45) is 6.73. The van der Waals surface area contributed by atoms with Gasteiger partial charge < -0.3 is 5.73 Å². The number of rotatable bonds is 2. The van der Waals surface area contributed by atoms with Crippen LogP contribution in [0.15, 0.2) is 43.0 Å². The summed E-state index contributed by atoms with van der Waals surface area (Å²) in [7, 11) is 0. The van der Waals surface area contributed by atoms with Crippen molar-refractivity contribution in [3.05, 3.63) is 54.1 Å². The zero-order valence-corrected chi connectivity index (χ0v) is 11.4. The zero-order valence-electron chi connectivity index (χ0n) is 11.4. The second-order valence-electron chi connectivity index (χ2n) is 4.76. The van der Waals surface area contributed by atoms with Crippen LogP contribution in [0.2, 0.25) is 0 Å². The first kappa shape index (κ1) is 12.3. The van der Waals surface area contributed by atoms with Crippen LogP contribution >= 0.6 is 0 Å². The molecule has 0 bridgehead atoms. The molecule has 3 aromatic rings. The molecule has 100 valence electrons. The summed E-state index contributed by atoms with van der Waals surface area (Å²) in [5, 5.41) is 4.54. The summed E-state index contributed by atoms with van der Waals surface area (Å²) >= 11 is 0. The molecule has 5 heteroatoms. The molecule has 2 heterocycles. The Morgan fingerprint density at radius 3 is 2.75 bits per heavy atom. The van der Waals surface area contributed by atoms with E-state index in [0.717, 1.165) is 11.3 Å². The highest BCUT2D eigenvalue weighted by molar-refractivity contribution is 5.69. The maximum atomic E-state index is 6.05. The summed E-state index contributed by atoms with van der Waals surface area (Å²) in [6, 6.07) is 6.24. The van der Waals surface area contributed by atoms with Crippen LogP contribution in [0.1, 0.15) is 11.1 Å². The van der Waals surface area contributed by atoms with Crippen molar-refractivity contribution in [2.24, 2.45) is 0 Å². The Morgan fingerprint density at radius 1 is 1.15 bits per heavy atom. The molecule has 20 heavy (non-hydrogen) atoms. The number of hydrogen-bond acceptors (Lipinski definition) is 4.